The van der Waals surface area contributed by atoms with Gasteiger partial charge in [-0.25, -0.2) is 4.98 Å². The summed E-state index contributed by atoms with van der Waals surface area (Å²) in [6.07, 6.45) is 2.72. The normalized spacial score (nSPS) is 13.2. The lowest BCUT2D eigenvalue weighted by Gasteiger charge is -2.32. The van der Waals surface area contributed by atoms with Crippen molar-refractivity contribution >= 4 is 16.6 Å². The van der Waals surface area contributed by atoms with E-state index in [1.165, 1.54) is 0 Å². The number of methoxy groups -OCH3 is 1. The second-order valence-corrected chi connectivity index (χ2v) is 6.36. The number of nitrogens with one attached hydrogen (secondary N) is 1. The third-order valence-electron chi connectivity index (χ3n) is 3.80. The zero-order valence-corrected chi connectivity index (χ0v) is 13.3. The van der Waals surface area contributed by atoms with Crippen molar-refractivity contribution in [2.24, 2.45) is 11.1 Å². The van der Waals surface area contributed by atoms with Gasteiger partial charge in [0.1, 0.15) is 11.6 Å². The predicted octanol–water partition coefficient (Wildman–Crippen LogP) is 3.42. The number of fused-ring (bicyclic) bond motifs is 1. The molecule has 0 aliphatic carbocycles. The van der Waals surface area contributed by atoms with E-state index in [2.05, 4.69) is 37.1 Å². The second-order valence-electron chi connectivity index (χ2n) is 6.36. The van der Waals surface area contributed by atoms with E-state index in [-0.39, 0.29) is 11.5 Å². The Bertz CT molecular complexity index is 604. The Morgan fingerprint density at radius 3 is 2.62 bits per heavy atom. The van der Waals surface area contributed by atoms with Crippen LogP contribution < -0.4 is 15.8 Å². The maximum Gasteiger partial charge on any atom is 0.134 e. The molecule has 0 aliphatic heterocycles. The first-order valence-electron chi connectivity index (χ1n) is 7.35. The summed E-state index contributed by atoms with van der Waals surface area (Å²) in [5, 5.41) is 5.71. The molecule has 0 radical (unpaired) electrons. The van der Waals surface area contributed by atoms with E-state index >= 15 is 0 Å². The fourth-order valence-electron chi connectivity index (χ4n) is 2.52. The average Bonchev–Trinajstić information content (AvgIpc) is 2.45. The molecule has 1 unspecified atom stereocenters. The third kappa shape index (κ3) is 3.45. The van der Waals surface area contributed by atoms with Crippen LogP contribution in [-0.2, 0) is 0 Å². The molecule has 0 aliphatic rings. The lowest BCUT2D eigenvalue weighted by Crippen LogP contribution is -2.36. The Hall–Kier alpha value is -1.81. The zero-order valence-electron chi connectivity index (χ0n) is 13.3. The summed E-state index contributed by atoms with van der Waals surface area (Å²) in [5.41, 5.74) is 5.87. The van der Waals surface area contributed by atoms with Gasteiger partial charge in [-0.05, 0) is 30.5 Å². The first-order chi connectivity index (χ1) is 9.97. The average molecular weight is 287 g/mol. The Morgan fingerprint density at radius 1 is 1.24 bits per heavy atom. The van der Waals surface area contributed by atoms with Gasteiger partial charge in [-0.1, -0.05) is 32.9 Å². The largest absolute Gasteiger partial charge is 0.496 e. The molecule has 1 aromatic heterocycles. The van der Waals surface area contributed by atoms with Crippen LogP contribution in [0.2, 0.25) is 0 Å². The predicted molar refractivity (Wildman–Crippen MR) is 88.8 cm³/mol. The highest BCUT2D eigenvalue weighted by molar-refractivity contribution is 5.95. The maximum atomic E-state index is 5.76. The van der Waals surface area contributed by atoms with Crippen molar-refractivity contribution in [1.29, 1.82) is 0 Å². The van der Waals surface area contributed by atoms with Crippen molar-refractivity contribution in [1.82, 2.24) is 4.98 Å². The Morgan fingerprint density at radius 2 is 2.00 bits per heavy atom. The molecule has 1 aromatic carbocycles. The minimum Gasteiger partial charge on any atom is -0.496 e. The molecule has 1 heterocycles. The van der Waals surface area contributed by atoms with Crippen LogP contribution in [0.15, 0.2) is 30.5 Å². The molecule has 4 nitrogen and oxygen atoms in total. The van der Waals surface area contributed by atoms with Crippen LogP contribution in [0.25, 0.3) is 10.8 Å². The highest BCUT2D eigenvalue weighted by Crippen LogP contribution is 2.31. The van der Waals surface area contributed by atoms with Crippen LogP contribution in [0.5, 0.6) is 5.75 Å². The summed E-state index contributed by atoms with van der Waals surface area (Å²) >= 11 is 0. The molecule has 114 valence electrons. The van der Waals surface area contributed by atoms with Gasteiger partial charge < -0.3 is 15.8 Å². The molecule has 0 fully saturated rings. The van der Waals surface area contributed by atoms with E-state index < -0.39 is 0 Å². The van der Waals surface area contributed by atoms with Gasteiger partial charge in [0.15, 0.2) is 0 Å². The van der Waals surface area contributed by atoms with Crippen molar-refractivity contribution in [3.05, 3.63) is 30.5 Å². The van der Waals surface area contributed by atoms with Gasteiger partial charge in [0.2, 0.25) is 0 Å². The topological polar surface area (TPSA) is 60.2 Å². The van der Waals surface area contributed by atoms with Crippen molar-refractivity contribution in [2.75, 3.05) is 19.0 Å². The zero-order chi connectivity index (χ0) is 15.5. The molecule has 21 heavy (non-hydrogen) atoms. The van der Waals surface area contributed by atoms with E-state index in [9.17, 15) is 0 Å². The fraction of sp³-hybridized carbons (Fsp3) is 0.471. The van der Waals surface area contributed by atoms with Crippen molar-refractivity contribution in [3.8, 4) is 5.75 Å². The minimum atomic E-state index is 0.113. The summed E-state index contributed by atoms with van der Waals surface area (Å²) in [6.45, 7) is 7.30. The van der Waals surface area contributed by atoms with Crippen molar-refractivity contribution in [2.45, 2.75) is 33.2 Å². The first-order valence-corrected chi connectivity index (χ1v) is 7.35. The van der Waals surface area contributed by atoms with Gasteiger partial charge in [-0.15, -0.1) is 0 Å². The highest BCUT2D eigenvalue weighted by atomic mass is 16.5. The quantitative estimate of drug-likeness (QED) is 0.884. The van der Waals surface area contributed by atoms with E-state index in [0.29, 0.717) is 6.54 Å². The number of ether oxygens (including phenoxy) is 1. The molecule has 0 bridgehead atoms. The third-order valence-corrected chi connectivity index (χ3v) is 3.80. The summed E-state index contributed by atoms with van der Waals surface area (Å²) < 4.78 is 5.43. The number of aromatic nitrogens is 1. The lowest BCUT2D eigenvalue weighted by atomic mass is 9.84. The number of pyridine rings is 1. The number of benzene rings is 1. The molecule has 4 heteroatoms. The van der Waals surface area contributed by atoms with Gasteiger partial charge in [0.05, 0.1) is 7.11 Å². The fourth-order valence-corrected chi connectivity index (χ4v) is 2.52. The van der Waals surface area contributed by atoms with E-state index in [4.69, 9.17) is 10.5 Å². The molecular weight excluding hydrogens is 262 g/mol. The molecular formula is C17H25N3O. The molecule has 0 saturated heterocycles. The standard InChI is InChI=1S/C17H25N3O/c1-17(2,3)15(8-10-18)20-16-13-6-5-7-14(21-4)12(13)9-11-19-16/h5-7,9,11,15H,8,10,18H2,1-4H3,(H,19,20). The van der Waals surface area contributed by atoms with E-state index in [1.54, 1.807) is 7.11 Å². The van der Waals surface area contributed by atoms with Crippen LogP contribution in [0.1, 0.15) is 27.2 Å². The van der Waals surface area contributed by atoms with E-state index in [1.807, 2.05) is 24.4 Å². The number of anilines is 1. The summed E-state index contributed by atoms with van der Waals surface area (Å²) in [6, 6.07) is 8.27. The highest BCUT2D eigenvalue weighted by Gasteiger charge is 2.24. The molecule has 0 saturated carbocycles. The smallest absolute Gasteiger partial charge is 0.134 e. The molecule has 0 spiro atoms. The molecule has 0 amide bonds. The van der Waals surface area contributed by atoms with Gasteiger partial charge in [-0.2, -0.15) is 0 Å². The molecule has 3 N–H and O–H groups in total. The molecule has 2 rings (SSSR count). The molecule has 2 aromatic rings. The monoisotopic (exact) mass is 287 g/mol. The maximum absolute atomic E-state index is 5.76. The van der Waals surface area contributed by atoms with Crippen molar-refractivity contribution in [3.63, 3.8) is 0 Å². The van der Waals surface area contributed by atoms with Gasteiger partial charge >= 0.3 is 0 Å². The second kappa shape index (κ2) is 6.31. The summed E-state index contributed by atoms with van der Waals surface area (Å²) in [5.74, 6) is 1.75. The summed E-state index contributed by atoms with van der Waals surface area (Å²) in [7, 11) is 1.69. The van der Waals surface area contributed by atoms with Crippen LogP contribution in [-0.4, -0.2) is 24.7 Å². The van der Waals surface area contributed by atoms with Gasteiger partial charge in [-0.3, -0.25) is 0 Å². The Balaban J connectivity index is 2.42. The Kier molecular flexibility index (Phi) is 4.68. The lowest BCUT2D eigenvalue weighted by molar-refractivity contribution is 0.328. The minimum absolute atomic E-state index is 0.113. The van der Waals surface area contributed by atoms with Gasteiger partial charge in [0.25, 0.3) is 0 Å². The van der Waals surface area contributed by atoms with Crippen LogP contribution in [0.4, 0.5) is 5.82 Å². The number of nitrogens with two attached hydrogens (primary N) is 1. The van der Waals surface area contributed by atoms with Crippen molar-refractivity contribution < 1.29 is 4.74 Å². The van der Waals surface area contributed by atoms with E-state index in [0.717, 1.165) is 28.8 Å². The molecule has 1 atom stereocenters. The van der Waals surface area contributed by atoms with Crippen LogP contribution >= 0.6 is 0 Å². The summed E-state index contributed by atoms with van der Waals surface area (Å²) in [4.78, 5) is 4.51. The number of nitrogens with zero attached hydrogens (tertiary/aromatic N) is 1. The van der Waals surface area contributed by atoms with Crippen LogP contribution in [0.3, 0.4) is 0 Å². The SMILES string of the molecule is COc1cccc2c(NC(CCN)C(C)(C)C)nccc12. The first kappa shape index (κ1) is 15.6. The van der Waals surface area contributed by atoms with Crippen LogP contribution in [0, 0.1) is 5.41 Å². The number of hydrogen-bond donors (Lipinski definition) is 2. The van der Waals surface area contributed by atoms with Gasteiger partial charge in [0, 0.05) is 23.0 Å². The Labute approximate surface area is 126 Å². The number of rotatable bonds is 5. The number of hydrogen-bond acceptors (Lipinski definition) is 4.